The molecule has 5 amide bonds. The highest BCUT2D eigenvalue weighted by Gasteiger charge is 2.62. The summed E-state index contributed by atoms with van der Waals surface area (Å²) in [5.41, 5.74) is 2.11. The number of carbonyl (C=O) groups is 4. The first-order valence-electron chi connectivity index (χ1n) is 16.2. The molecule has 45 heavy (non-hydrogen) atoms. The number of nitrogens with zero attached hydrogens (tertiary/aromatic N) is 3. The summed E-state index contributed by atoms with van der Waals surface area (Å²) in [6.07, 6.45) is 1.22. The normalized spacial score (nSPS) is 16.0. The van der Waals surface area contributed by atoms with Gasteiger partial charge in [0.05, 0.1) is 11.5 Å². The number of aryl methyl sites for hydroxylation is 1. The van der Waals surface area contributed by atoms with Crippen molar-refractivity contribution in [1.82, 2.24) is 20.0 Å². The molecule has 3 rings (SSSR count). The van der Waals surface area contributed by atoms with Crippen LogP contribution >= 0.6 is 0 Å². The van der Waals surface area contributed by atoms with Crippen molar-refractivity contribution in [2.75, 3.05) is 32.8 Å². The van der Waals surface area contributed by atoms with Gasteiger partial charge >= 0.3 is 12.1 Å². The van der Waals surface area contributed by atoms with Gasteiger partial charge in [-0.1, -0.05) is 87.4 Å². The van der Waals surface area contributed by atoms with E-state index in [1.807, 2.05) is 96.1 Å². The average molecular weight is 623 g/mol. The lowest BCUT2D eigenvalue weighted by atomic mass is 9.72. The lowest BCUT2D eigenvalue weighted by molar-refractivity contribution is -0.212. The fourth-order valence-corrected chi connectivity index (χ4v) is 5.73. The summed E-state index contributed by atoms with van der Waals surface area (Å²) >= 11 is 0. The highest BCUT2D eigenvalue weighted by molar-refractivity contribution is 6.03. The van der Waals surface area contributed by atoms with Crippen molar-refractivity contribution in [2.24, 2.45) is 5.41 Å². The van der Waals surface area contributed by atoms with Crippen molar-refractivity contribution < 1.29 is 28.7 Å². The molecular weight excluding hydrogens is 572 g/mol. The van der Waals surface area contributed by atoms with Crippen LogP contribution in [-0.4, -0.2) is 77.7 Å². The summed E-state index contributed by atoms with van der Waals surface area (Å²) in [6, 6.07) is 16.7. The van der Waals surface area contributed by atoms with Crippen molar-refractivity contribution in [3.05, 3.63) is 71.3 Å². The Morgan fingerprint density at radius 2 is 1.53 bits per heavy atom. The molecule has 10 heteroatoms. The van der Waals surface area contributed by atoms with Gasteiger partial charge in [-0.25, -0.2) is 14.5 Å². The minimum atomic E-state index is -0.875. The monoisotopic (exact) mass is 622 g/mol. The zero-order valence-corrected chi connectivity index (χ0v) is 27.7. The Morgan fingerprint density at radius 3 is 2.11 bits per heavy atom. The van der Waals surface area contributed by atoms with E-state index in [-0.39, 0.29) is 31.1 Å². The molecule has 0 radical (unpaired) electrons. The maximum atomic E-state index is 13.5. The molecule has 1 fully saturated rings. The van der Waals surface area contributed by atoms with Crippen LogP contribution in [0.4, 0.5) is 9.59 Å². The van der Waals surface area contributed by atoms with Crippen molar-refractivity contribution in [3.63, 3.8) is 0 Å². The van der Waals surface area contributed by atoms with E-state index < -0.39 is 23.8 Å². The van der Waals surface area contributed by atoms with Crippen LogP contribution in [0.3, 0.4) is 0 Å². The van der Waals surface area contributed by atoms with E-state index in [0.717, 1.165) is 28.0 Å². The Labute approximate surface area is 268 Å². The average Bonchev–Trinajstić information content (AvgIpc) is 3.05. The molecule has 1 heterocycles. The quantitative estimate of drug-likeness (QED) is 0.229. The lowest BCUT2D eigenvalue weighted by Gasteiger charge is -2.53. The number of rotatable bonds is 16. The number of likely N-dealkylation sites (tertiary alicyclic amines) is 1. The van der Waals surface area contributed by atoms with E-state index >= 15 is 0 Å². The van der Waals surface area contributed by atoms with Gasteiger partial charge in [0.2, 0.25) is 11.8 Å². The third kappa shape index (κ3) is 8.63. The SMILES string of the molecule is CCCC(NC(=O)N1C(=O)C(CC)(CC)C1OCC(=O)N(CC)CCN(CC)C(=O)OCc1ccccc1)c1ccc(C)cc1. The van der Waals surface area contributed by atoms with Gasteiger partial charge in [0.15, 0.2) is 6.23 Å². The fraction of sp³-hybridized carbons (Fsp3) is 0.543. The highest BCUT2D eigenvalue weighted by Crippen LogP contribution is 2.46. The van der Waals surface area contributed by atoms with E-state index in [2.05, 4.69) is 5.32 Å². The smallest absolute Gasteiger partial charge is 0.410 e. The maximum Gasteiger partial charge on any atom is 0.410 e. The molecular formula is C35H50N4O6. The van der Waals surface area contributed by atoms with Gasteiger partial charge in [-0.15, -0.1) is 0 Å². The first-order chi connectivity index (χ1) is 21.6. The number of hydrogen-bond donors (Lipinski definition) is 1. The molecule has 0 spiro atoms. The molecule has 1 saturated heterocycles. The van der Waals surface area contributed by atoms with Gasteiger partial charge in [-0.3, -0.25) is 9.59 Å². The van der Waals surface area contributed by atoms with Crippen molar-refractivity contribution >= 4 is 23.9 Å². The van der Waals surface area contributed by atoms with Crippen LogP contribution in [0.1, 0.15) is 83.0 Å². The summed E-state index contributed by atoms with van der Waals surface area (Å²) in [5, 5.41) is 3.04. The lowest BCUT2D eigenvalue weighted by Crippen LogP contribution is -2.72. The number of carbonyl (C=O) groups excluding carboxylic acids is 4. The molecule has 0 saturated carbocycles. The second-order valence-corrected chi connectivity index (χ2v) is 11.5. The van der Waals surface area contributed by atoms with Crippen LogP contribution in [-0.2, 0) is 25.7 Å². The topological polar surface area (TPSA) is 108 Å². The molecule has 10 nitrogen and oxygen atoms in total. The van der Waals surface area contributed by atoms with Gasteiger partial charge in [0.1, 0.15) is 13.2 Å². The largest absolute Gasteiger partial charge is 0.445 e. The Bertz CT molecular complexity index is 1260. The summed E-state index contributed by atoms with van der Waals surface area (Å²) in [4.78, 5) is 57.2. The van der Waals surface area contributed by atoms with Gasteiger partial charge < -0.3 is 24.6 Å². The molecule has 1 N–H and O–H groups in total. The Kier molecular flexibility index (Phi) is 13.4. The van der Waals surface area contributed by atoms with E-state index in [0.29, 0.717) is 45.4 Å². The molecule has 246 valence electrons. The van der Waals surface area contributed by atoms with E-state index in [9.17, 15) is 19.2 Å². The van der Waals surface area contributed by atoms with Crippen molar-refractivity contribution in [2.45, 2.75) is 86.1 Å². The number of β-lactam (4-membered cyclic amide) rings is 1. The number of ether oxygens (including phenoxy) is 2. The molecule has 2 atom stereocenters. The minimum absolute atomic E-state index is 0.172. The molecule has 0 aromatic heterocycles. The second-order valence-electron chi connectivity index (χ2n) is 11.5. The molecule has 2 aromatic carbocycles. The molecule has 2 aromatic rings. The summed E-state index contributed by atoms with van der Waals surface area (Å²) in [5.74, 6) is -0.572. The number of urea groups is 1. The van der Waals surface area contributed by atoms with Crippen molar-refractivity contribution in [3.8, 4) is 0 Å². The number of likely N-dealkylation sites (N-methyl/N-ethyl adjacent to an activating group) is 2. The predicted octanol–water partition coefficient (Wildman–Crippen LogP) is 6.04. The fourth-order valence-electron chi connectivity index (χ4n) is 5.73. The second kappa shape index (κ2) is 17.0. The number of nitrogens with one attached hydrogen (secondary N) is 1. The Morgan fingerprint density at radius 1 is 0.911 bits per heavy atom. The summed E-state index contributed by atoms with van der Waals surface area (Å²) in [7, 11) is 0. The molecule has 1 aliphatic heterocycles. The maximum absolute atomic E-state index is 13.5. The van der Waals surface area contributed by atoms with E-state index in [1.54, 1.807) is 9.80 Å². The number of benzene rings is 2. The zero-order valence-electron chi connectivity index (χ0n) is 27.7. The van der Waals surface area contributed by atoms with Gasteiger partial charge in [-0.05, 0) is 51.2 Å². The summed E-state index contributed by atoms with van der Waals surface area (Å²) in [6.45, 7) is 12.9. The highest BCUT2D eigenvalue weighted by atomic mass is 16.6. The van der Waals surface area contributed by atoms with Crippen LogP contribution in [0.25, 0.3) is 0 Å². The molecule has 0 bridgehead atoms. The Balaban J connectivity index is 1.62. The first-order valence-corrected chi connectivity index (χ1v) is 16.2. The van der Waals surface area contributed by atoms with E-state index in [4.69, 9.17) is 9.47 Å². The molecule has 2 unspecified atom stereocenters. The third-order valence-electron chi connectivity index (χ3n) is 8.77. The molecule has 1 aliphatic rings. The van der Waals surface area contributed by atoms with Crippen LogP contribution in [0, 0.1) is 12.3 Å². The van der Waals surface area contributed by atoms with Gasteiger partial charge in [0, 0.05) is 26.2 Å². The van der Waals surface area contributed by atoms with Crippen LogP contribution in [0.5, 0.6) is 0 Å². The van der Waals surface area contributed by atoms with Gasteiger partial charge in [0.25, 0.3) is 0 Å². The van der Waals surface area contributed by atoms with Crippen LogP contribution in [0.15, 0.2) is 54.6 Å². The minimum Gasteiger partial charge on any atom is -0.445 e. The van der Waals surface area contributed by atoms with Gasteiger partial charge in [-0.2, -0.15) is 0 Å². The number of imide groups is 1. The number of amides is 5. The predicted molar refractivity (Wildman–Crippen MR) is 173 cm³/mol. The third-order valence-corrected chi connectivity index (χ3v) is 8.77. The van der Waals surface area contributed by atoms with Crippen LogP contribution < -0.4 is 5.32 Å². The van der Waals surface area contributed by atoms with Crippen molar-refractivity contribution in [1.29, 1.82) is 0 Å². The van der Waals surface area contributed by atoms with Crippen LogP contribution in [0.2, 0.25) is 0 Å². The summed E-state index contributed by atoms with van der Waals surface area (Å²) < 4.78 is 11.6. The molecule has 0 aliphatic carbocycles. The standard InChI is InChI=1S/C35H50N4O6/c1-7-15-29(28-20-18-26(6)19-21-28)36-33(42)39-31(41)35(8-2,9-3)32(39)44-25-30(40)37(10-4)22-23-38(11-5)34(43)45-24-27-16-13-12-14-17-27/h12-14,16-21,29,32H,7-11,15,22-25H2,1-6H3,(H,36,42). The Hall–Kier alpha value is -3.92. The first kappa shape index (κ1) is 35.6. The van der Waals surface area contributed by atoms with E-state index in [1.165, 1.54) is 0 Å². The number of hydrogen-bond acceptors (Lipinski definition) is 6. The zero-order chi connectivity index (χ0) is 33.0.